The third-order valence-corrected chi connectivity index (χ3v) is 2.91. The summed E-state index contributed by atoms with van der Waals surface area (Å²) in [5, 5.41) is 0. The van der Waals surface area contributed by atoms with Gasteiger partial charge in [0.25, 0.3) is 0 Å². The van der Waals surface area contributed by atoms with E-state index in [1.165, 1.54) is 0 Å². The van der Waals surface area contributed by atoms with Crippen molar-refractivity contribution in [3.05, 3.63) is 18.2 Å². The van der Waals surface area contributed by atoms with Crippen molar-refractivity contribution in [3.8, 4) is 0 Å². The molecule has 1 aromatic heterocycles. The predicted molar refractivity (Wildman–Crippen MR) is 57.0 cm³/mol. The van der Waals surface area contributed by atoms with E-state index in [0.29, 0.717) is 6.61 Å². The summed E-state index contributed by atoms with van der Waals surface area (Å²) in [6.07, 6.45) is 4.90. The number of aryl methyl sites for hydroxylation is 1. The van der Waals surface area contributed by atoms with E-state index >= 15 is 0 Å². The van der Waals surface area contributed by atoms with Gasteiger partial charge in [-0.05, 0) is 12.8 Å². The molecule has 6 heteroatoms. The fourth-order valence-electron chi connectivity index (χ4n) is 2.06. The number of carbonyl (C=O) groups excluding carboxylic acids is 1. The third kappa shape index (κ3) is 1.94. The van der Waals surface area contributed by atoms with Crippen molar-refractivity contribution in [1.82, 2.24) is 15.0 Å². The molecule has 2 unspecified atom stereocenters. The summed E-state index contributed by atoms with van der Waals surface area (Å²) < 4.78 is 7.51. The van der Waals surface area contributed by atoms with Crippen molar-refractivity contribution in [2.24, 2.45) is 18.8 Å². The average molecular weight is 224 g/mol. The number of hydrazine groups is 1. The van der Waals surface area contributed by atoms with Gasteiger partial charge in [0.15, 0.2) is 0 Å². The molecule has 2 rings (SSSR count). The first-order valence-electron chi connectivity index (χ1n) is 5.33. The lowest BCUT2D eigenvalue weighted by Gasteiger charge is -2.29. The molecule has 0 spiro atoms. The summed E-state index contributed by atoms with van der Waals surface area (Å²) in [6.45, 7) is 0.659. The summed E-state index contributed by atoms with van der Waals surface area (Å²) in [5.41, 5.74) is 2.19. The van der Waals surface area contributed by atoms with Gasteiger partial charge in [0.1, 0.15) is 11.9 Å². The molecule has 1 aliphatic rings. The highest BCUT2D eigenvalue weighted by atomic mass is 16.5. The molecule has 1 saturated heterocycles. The van der Waals surface area contributed by atoms with Crippen LogP contribution in [0.15, 0.2) is 12.4 Å². The first kappa shape index (κ1) is 11.1. The van der Waals surface area contributed by atoms with Gasteiger partial charge in [-0.2, -0.15) is 0 Å². The molecule has 0 saturated carbocycles. The summed E-state index contributed by atoms with van der Waals surface area (Å²) in [6, 6.07) is 0. The van der Waals surface area contributed by atoms with Crippen LogP contribution in [0.25, 0.3) is 0 Å². The molecule has 1 aromatic rings. The highest BCUT2D eigenvalue weighted by molar-refractivity contribution is 5.78. The van der Waals surface area contributed by atoms with Gasteiger partial charge in [-0.1, -0.05) is 0 Å². The Balaban J connectivity index is 2.23. The van der Waals surface area contributed by atoms with E-state index in [1.807, 2.05) is 17.8 Å². The summed E-state index contributed by atoms with van der Waals surface area (Å²) in [4.78, 5) is 15.9. The first-order chi connectivity index (χ1) is 7.74. The second kappa shape index (κ2) is 4.63. The molecule has 16 heavy (non-hydrogen) atoms. The predicted octanol–water partition coefficient (Wildman–Crippen LogP) is -0.122. The van der Waals surface area contributed by atoms with Crippen LogP contribution < -0.4 is 11.3 Å². The van der Waals surface area contributed by atoms with E-state index in [4.69, 9.17) is 10.6 Å². The number of amides is 1. The lowest BCUT2D eigenvalue weighted by molar-refractivity contribution is -0.135. The molecular weight excluding hydrogens is 208 g/mol. The smallest absolute Gasteiger partial charge is 0.240 e. The van der Waals surface area contributed by atoms with E-state index in [-0.39, 0.29) is 17.9 Å². The molecule has 0 aromatic carbocycles. The molecule has 3 N–H and O–H groups in total. The van der Waals surface area contributed by atoms with E-state index < -0.39 is 0 Å². The second-order valence-corrected chi connectivity index (χ2v) is 3.95. The van der Waals surface area contributed by atoms with Crippen LogP contribution in [0, 0.1) is 5.92 Å². The van der Waals surface area contributed by atoms with Crippen molar-refractivity contribution < 1.29 is 9.53 Å². The van der Waals surface area contributed by atoms with Crippen LogP contribution in [0.3, 0.4) is 0 Å². The lowest BCUT2D eigenvalue weighted by Crippen LogP contribution is -2.41. The second-order valence-electron chi connectivity index (χ2n) is 3.95. The number of rotatable bonds is 2. The van der Waals surface area contributed by atoms with Crippen molar-refractivity contribution in [2.45, 2.75) is 18.9 Å². The molecule has 6 nitrogen and oxygen atoms in total. The zero-order valence-corrected chi connectivity index (χ0v) is 9.22. The molecule has 2 heterocycles. The number of aromatic nitrogens is 2. The summed E-state index contributed by atoms with van der Waals surface area (Å²) >= 11 is 0. The minimum atomic E-state index is -0.294. The van der Waals surface area contributed by atoms with Gasteiger partial charge in [-0.15, -0.1) is 0 Å². The molecular formula is C10H16N4O2. The molecule has 88 valence electrons. The Morgan fingerprint density at radius 1 is 1.75 bits per heavy atom. The SMILES string of the molecule is Cn1ccnc1C1OCCCC1C(=O)NN. The standard InChI is InChI=1S/C10H16N4O2/c1-14-5-4-12-9(14)8-7(10(15)13-11)3-2-6-16-8/h4-5,7-8H,2-3,6,11H2,1H3,(H,13,15). The molecule has 0 radical (unpaired) electrons. The lowest BCUT2D eigenvalue weighted by atomic mass is 9.93. The molecule has 0 bridgehead atoms. The minimum absolute atomic E-state index is 0.187. The number of hydrogen-bond donors (Lipinski definition) is 2. The minimum Gasteiger partial charge on any atom is -0.369 e. The fraction of sp³-hybridized carbons (Fsp3) is 0.600. The highest BCUT2D eigenvalue weighted by Gasteiger charge is 2.34. The maximum atomic E-state index is 11.6. The normalized spacial score (nSPS) is 25.4. The number of hydrogen-bond acceptors (Lipinski definition) is 4. The number of carbonyl (C=O) groups is 1. The van der Waals surface area contributed by atoms with Crippen LogP contribution in [0.1, 0.15) is 24.8 Å². The van der Waals surface area contributed by atoms with Crippen LogP contribution in [-0.4, -0.2) is 22.1 Å². The first-order valence-corrected chi connectivity index (χ1v) is 5.33. The molecule has 1 fully saturated rings. The Hall–Kier alpha value is -1.40. The molecule has 1 aliphatic heterocycles. The van der Waals surface area contributed by atoms with Crippen molar-refractivity contribution in [2.75, 3.05) is 6.61 Å². The Bertz CT molecular complexity index is 377. The monoisotopic (exact) mass is 224 g/mol. The Morgan fingerprint density at radius 3 is 3.19 bits per heavy atom. The van der Waals surface area contributed by atoms with E-state index in [1.54, 1.807) is 6.20 Å². The van der Waals surface area contributed by atoms with Gasteiger partial charge < -0.3 is 9.30 Å². The summed E-state index contributed by atoms with van der Waals surface area (Å²) in [7, 11) is 1.89. The molecule has 0 aliphatic carbocycles. The third-order valence-electron chi connectivity index (χ3n) is 2.91. The Labute approximate surface area is 93.8 Å². The van der Waals surface area contributed by atoms with E-state index in [2.05, 4.69) is 10.4 Å². The van der Waals surface area contributed by atoms with Crippen LogP contribution in [0.4, 0.5) is 0 Å². The molecule has 1 amide bonds. The van der Waals surface area contributed by atoms with Crippen molar-refractivity contribution in [1.29, 1.82) is 0 Å². The topological polar surface area (TPSA) is 82.2 Å². The zero-order chi connectivity index (χ0) is 11.5. The van der Waals surface area contributed by atoms with Crippen LogP contribution in [-0.2, 0) is 16.6 Å². The van der Waals surface area contributed by atoms with Gasteiger partial charge in [-0.3, -0.25) is 10.2 Å². The van der Waals surface area contributed by atoms with Crippen LogP contribution in [0.5, 0.6) is 0 Å². The van der Waals surface area contributed by atoms with Gasteiger partial charge in [0.2, 0.25) is 5.91 Å². The van der Waals surface area contributed by atoms with E-state index in [0.717, 1.165) is 18.7 Å². The summed E-state index contributed by atoms with van der Waals surface area (Å²) in [5.74, 6) is 5.51. The number of nitrogens with one attached hydrogen (secondary N) is 1. The number of ether oxygens (including phenoxy) is 1. The Morgan fingerprint density at radius 2 is 2.56 bits per heavy atom. The average Bonchev–Trinajstić information content (AvgIpc) is 2.74. The van der Waals surface area contributed by atoms with E-state index in [9.17, 15) is 4.79 Å². The number of nitrogens with zero attached hydrogens (tertiary/aromatic N) is 2. The van der Waals surface area contributed by atoms with Crippen molar-refractivity contribution in [3.63, 3.8) is 0 Å². The zero-order valence-electron chi connectivity index (χ0n) is 9.22. The van der Waals surface area contributed by atoms with Gasteiger partial charge in [0.05, 0.1) is 5.92 Å². The number of imidazole rings is 1. The van der Waals surface area contributed by atoms with Crippen molar-refractivity contribution >= 4 is 5.91 Å². The maximum absolute atomic E-state index is 11.6. The largest absolute Gasteiger partial charge is 0.369 e. The Kier molecular flexibility index (Phi) is 3.21. The maximum Gasteiger partial charge on any atom is 0.240 e. The van der Waals surface area contributed by atoms with Gasteiger partial charge in [0, 0.05) is 26.0 Å². The fourth-order valence-corrected chi connectivity index (χ4v) is 2.06. The van der Waals surface area contributed by atoms with Gasteiger partial charge in [-0.25, -0.2) is 10.8 Å². The molecule has 2 atom stereocenters. The van der Waals surface area contributed by atoms with Crippen LogP contribution in [0.2, 0.25) is 0 Å². The number of nitrogens with two attached hydrogens (primary N) is 1. The van der Waals surface area contributed by atoms with Crippen LogP contribution >= 0.6 is 0 Å². The quantitative estimate of drug-likeness (QED) is 0.417. The highest BCUT2D eigenvalue weighted by Crippen LogP contribution is 2.32. The van der Waals surface area contributed by atoms with Gasteiger partial charge >= 0.3 is 0 Å².